The van der Waals surface area contributed by atoms with Gasteiger partial charge in [-0.3, -0.25) is 0 Å². The van der Waals surface area contributed by atoms with E-state index in [2.05, 4.69) is 13.3 Å². The molecular formula is C4H10B2P2. The number of hydrogen-bond acceptors (Lipinski definition) is 0. The summed E-state index contributed by atoms with van der Waals surface area (Å²) in [7, 11) is 10.7. The molecule has 0 spiro atoms. The third kappa shape index (κ3) is 6.99. The molecule has 0 nitrogen and oxygen atoms in total. The van der Waals surface area contributed by atoms with E-state index in [1.54, 1.807) is 0 Å². The minimum atomic E-state index is -0.197. The van der Waals surface area contributed by atoms with Gasteiger partial charge in [0.15, 0.2) is 0 Å². The topological polar surface area (TPSA) is 0 Å². The van der Waals surface area contributed by atoms with E-state index in [1.807, 2.05) is 0 Å². The van der Waals surface area contributed by atoms with Crippen molar-refractivity contribution in [2.45, 2.75) is 0 Å². The van der Waals surface area contributed by atoms with Crippen molar-refractivity contribution in [3.05, 3.63) is 0 Å². The lowest BCUT2D eigenvalue weighted by atomic mass is 10.7. The zero-order valence-corrected chi connectivity index (χ0v) is 7.25. The van der Waals surface area contributed by atoms with Crippen LogP contribution in [0.1, 0.15) is 0 Å². The Morgan fingerprint density at radius 1 is 1.00 bits per heavy atom. The van der Waals surface area contributed by atoms with Gasteiger partial charge in [-0.15, -0.1) is 0 Å². The van der Waals surface area contributed by atoms with Crippen molar-refractivity contribution in [3.63, 3.8) is 0 Å². The number of rotatable bonds is 3. The molecule has 0 aromatic rings. The Kier molecular flexibility index (Phi) is 5.43. The van der Waals surface area contributed by atoms with Gasteiger partial charge < -0.3 is 0 Å². The molecule has 0 aromatic heterocycles. The summed E-state index contributed by atoms with van der Waals surface area (Å²) < 4.78 is 0. The number of hydrogen-bond donors (Lipinski definition) is 0. The lowest BCUT2D eigenvalue weighted by Crippen LogP contribution is -1.88. The molecule has 42 valence electrons. The van der Waals surface area contributed by atoms with Crippen LogP contribution < -0.4 is 0 Å². The highest BCUT2D eigenvalue weighted by Gasteiger charge is 1.93. The fourth-order valence-electron chi connectivity index (χ4n) is 0.315. The van der Waals surface area contributed by atoms with Gasteiger partial charge >= 0.3 is 0 Å². The molecule has 0 fully saturated rings. The Morgan fingerprint density at radius 2 is 1.25 bits per heavy atom. The Bertz CT molecular complexity index is 48.0. The van der Waals surface area contributed by atoms with E-state index >= 15 is 0 Å². The third-order valence-electron chi connectivity index (χ3n) is 0.805. The first kappa shape index (κ1) is 8.99. The van der Waals surface area contributed by atoms with Gasteiger partial charge in [-0.05, 0) is 12.3 Å². The molecule has 0 heterocycles. The van der Waals surface area contributed by atoms with Crippen molar-refractivity contribution in [2.75, 3.05) is 25.7 Å². The molecule has 0 aromatic carbocycles. The fourth-order valence-corrected chi connectivity index (χ4v) is 2.84. The van der Waals surface area contributed by atoms with Gasteiger partial charge in [0.05, 0.1) is 0 Å². The van der Waals surface area contributed by atoms with Gasteiger partial charge in [-0.25, -0.2) is 0 Å². The van der Waals surface area contributed by atoms with Crippen molar-refractivity contribution in [1.29, 1.82) is 0 Å². The van der Waals surface area contributed by atoms with E-state index in [1.165, 1.54) is 0 Å². The quantitative estimate of drug-likeness (QED) is 0.412. The van der Waals surface area contributed by atoms with E-state index in [9.17, 15) is 0 Å². The molecule has 0 aliphatic rings. The van der Waals surface area contributed by atoms with Crippen LogP contribution in [0, 0.1) is 0 Å². The second-order valence-electron chi connectivity index (χ2n) is 1.96. The van der Waals surface area contributed by atoms with Crippen molar-refractivity contribution in [2.24, 2.45) is 0 Å². The Hall–Kier alpha value is 0.990. The van der Waals surface area contributed by atoms with Crippen molar-refractivity contribution < 1.29 is 0 Å². The van der Waals surface area contributed by atoms with Crippen molar-refractivity contribution >= 4 is 30.7 Å². The molecule has 8 heavy (non-hydrogen) atoms. The molecule has 4 heteroatoms. The van der Waals surface area contributed by atoms with Gasteiger partial charge in [0.2, 0.25) is 0 Å². The van der Waals surface area contributed by atoms with E-state index in [4.69, 9.17) is 15.1 Å². The van der Waals surface area contributed by atoms with Gasteiger partial charge in [-0.2, -0.15) is 15.6 Å². The Morgan fingerprint density at radius 3 is 1.38 bits per heavy atom. The van der Waals surface area contributed by atoms with Gasteiger partial charge in [0.1, 0.15) is 15.1 Å². The second-order valence-corrected chi connectivity index (χ2v) is 5.88. The summed E-state index contributed by atoms with van der Waals surface area (Å²) in [4.78, 5) is 0. The first-order valence-electron chi connectivity index (χ1n) is 2.54. The molecule has 0 bridgehead atoms. The zero-order valence-electron chi connectivity index (χ0n) is 5.46. The van der Waals surface area contributed by atoms with Crippen LogP contribution in [-0.2, 0) is 0 Å². The van der Waals surface area contributed by atoms with Crippen LogP contribution in [-0.4, -0.2) is 40.8 Å². The Labute approximate surface area is 57.1 Å². The second kappa shape index (κ2) is 4.83. The Balaban J connectivity index is 2.93. The summed E-state index contributed by atoms with van der Waals surface area (Å²) in [6, 6.07) is 0. The lowest BCUT2D eigenvalue weighted by molar-refractivity contribution is 1.52. The van der Waals surface area contributed by atoms with E-state index in [0.717, 1.165) is 12.3 Å². The predicted octanol–water partition coefficient (Wildman–Crippen LogP) is 1.38. The molecule has 0 aliphatic heterocycles. The fraction of sp³-hybridized carbons (Fsp3) is 1.00. The summed E-state index contributed by atoms with van der Waals surface area (Å²) in [5.74, 6) is 0. The maximum atomic E-state index is 5.56. The van der Waals surface area contributed by atoms with E-state index < -0.39 is 0 Å². The van der Waals surface area contributed by atoms with E-state index in [0.29, 0.717) is 0 Å². The maximum absolute atomic E-state index is 5.56. The van der Waals surface area contributed by atoms with Crippen LogP contribution in [0.5, 0.6) is 0 Å². The minimum absolute atomic E-state index is 0.197. The third-order valence-corrected chi connectivity index (χ3v) is 3.02. The van der Waals surface area contributed by atoms with Crippen LogP contribution in [0.4, 0.5) is 0 Å². The van der Waals surface area contributed by atoms with Crippen LogP contribution in [0.15, 0.2) is 0 Å². The first-order valence-corrected chi connectivity index (χ1v) is 6.63. The predicted molar refractivity (Wildman–Crippen MR) is 46.9 cm³/mol. The molecule has 2 atom stereocenters. The van der Waals surface area contributed by atoms with Gasteiger partial charge in [0.25, 0.3) is 0 Å². The summed E-state index contributed by atoms with van der Waals surface area (Å²) in [5.41, 5.74) is 0. The first-order chi connectivity index (χ1) is 3.63. The molecular weight excluding hydrogens is 132 g/mol. The minimum Gasteiger partial charge on any atom is -0.160 e. The lowest BCUT2D eigenvalue weighted by Gasteiger charge is -2.08. The molecule has 4 radical (unpaired) electrons. The van der Waals surface area contributed by atoms with Gasteiger partial charge in [-0.1, -0.05) is 13.3 Å². The van der Waals surface area contributed by atoms with Crippen LogP contribution in [0.2, 0.25) is 0 Å². The molecule has 0 saturated heterocycles. The van der Waals surface area contributed by atoms with Gasteiger partial charge in [0, 0.05) is 0 Å². The van der Waals surface area contributed by atoms with E-state index in [-0.39, 0.29) is 15.6 Å². The molecule has 0 saturated carbocycles. The summed E-state index contributed by atoms with van der Waals surface area (Å²) in [6.07, 6.45) is 2.27. The van der Waals surface area contributed by atoms with Crippen LogP contribution in [0.3, 0.4) is 0 Å². The average molecular weight is 142 g/mol. The summed E-state index contributed by atoms with van der Waals surface area (Å²) in [6.45, 7) is 4.16. The molecule has 0 aliphatic carbocycles. The SMILES string of the molecule is [B]P(C)CCP([B])C. The van der Waals surface area contributed by atoms with Crippen molar-refractivity contribution in [1.82, 2.24) is 0 Å². The summed E-state index contributed by atoms with van der Waals surface area (Å²) >= 11 is 0. The standard InChI is InChI=1S/C4H10B2P2/c1-7(5)3-4-8(2)6/h3-4H2,1-2H3. The average Bonchev–Trinajstić information content (AvgIpc) is 1.61. The highest BCUT2D eigenvalue weighted by atomic mass is 31.1. The monoisotopic (exact) mass is 142 g/mol. The highest BCUT2D eigenvalue weighted by molar-refractivity contribution is 7.84. The van der Waals surface area contributed by atoms with Crippen LogP contribution >= 0.6 is 15.6 Å². The zero-order chi connectivity index (χ0) is 6.57. The largest absolute Gasteiger partial charge is 0.160 e. The van der Waals surface area contributed by atoms with Crippen LogP contribution in [0.25, 0.3) is 0 Å². The molecule has 0 amide bonds. The maximum Gasteiger partial charge on any atom is 0.108 e. The molecule has 2 unspecified atom stereocenters. The summed E-state index contributed by atoms with van der Waals surface area (Å²) in [5, 5.41) is 0. The van der Waals surface area contributed by atoms with Crippen molar-refractivity contribution in [3.8, 4) is 0 Å². The normalized spacial score (nSPS) is 17.8. The molecule has 0 N–H and O–H groups in total. The highest BCUT2D eigenvalue weighted by Crippen LogP contribution is 2.30. The molecule has 0 rings (SSSR count). The smallest absolute Gasteiger partial charge is 0.108 e.